The summed E-state index contributed by atoms with van der Waals surface area (Å²) in [5.74, 6) is -0.505. The number of carbonyl (C=O) groups is 2. The summed E-state index contributed by atoms with van der Waals surface area (Å²) in [6.45, 7) is 9.52. The smallest absolute Gasteiger partial charge is 0.243 e. The predicted octanol–water partition coefficient (Wildman–Crippen LogP) is 5.57. The maximum atomic E-state index is 13.5. The van der Waals surface area contributed by atoms with Crippen molar-refractivity contribution in [3.05, 3.63) is 63.6 Å². The van der Waals surface area contributed by atoms with Crippen molar-refractivity contribution in [2.75, 3.05) is 17.1 Å². The fourth-order valence-electron chi connectivity index (χ4n) is 4.03. The molecule has 0 saturated heterocycles. The number of benzene rings is 2. The molecule has 0 aliphatic heterocycles. The van der Waals surface area contributed by atoms with Gasteiger partial charge in [-0.1, -0.05) is 54.4 Å². The van der Waals surface area contributed by atoms with Gasteiger partial charge in [-0.05, 0) is 69.9 Å². The summed E-state index contributed by atoms with van der Waals surface area (Å²) >= 11 is 12.6. The topological polar surface area (TPSA) is 86.8 Å². The number of amides is 2. The second kappa shape index (κ2) is 13.0. The van der Waals surface area contributed by atoms with Crippen molar-refractivity contribution in [3.8, 4) is 0 Å². The summed E-state index contributed by atoms with van der Waals surface area (Å²) in [6.07, 6.45) is 1.85. The zero-order chi connectivity index (χ0) is 28.0. The standard InChI is InChI=1S/C27H37Cl2N3O4S/c1-7-23(26(34)30-27(3,4)5)31(18-20-12-8-9-13-22(20)29)25(33)16-11-17-32(37(6,35)36)24-15-10-14-21(28)19(24)2/h8-10,12-15,23H,7,11,16-18H2,1-6H3,(H,30,34)/t23-/m1/s1. The zero-order valence-corrected chi connectivity index (χ0v) is 24.7. The van der Waals surface area contributed by atoms with Crippen molar-refractivity contribution in [2.24, 2.45) is 0 Å². The molecule has 0 aromatic heterocycles. The molecule has 10 heteroatoms. The highest BCUT2D eigenvalue weighted by molar-refractivity contribution is 7.92. The van der Waals surface area contributed by atoms with Gasteiger partial charge in [0.25, 0.3) is 0 Å². The molecule has 0 heterocycles. The van der Waals surface area contributed by atoms with Crippen LogP contribution in [0.3, 0.4) is 0 Å². The van der Waals surface area contributed by atoms with E-state index >= 15 is 0 Å². The highest BCUT2D eigenvalue weighted by atomic mass is 35.5. The van der Waals surface area contributed by atoms with Crippen LogP contribution in [0.25, 0.3) is 0 Å². The third-order valence-electron chi connectivity index (χ3n) is 5.84. The Balaban J connectivity index is 2.29. The summed E-state index contributed by atoms with van der Waals surface area (Å²) in [5.41, 5.74) is 1.39. The molecule has 2 amide bonds. The van der Waals surface area contributed by atoms with E-state index in [1.165, 1.54) is 9.21 Å². The van der Waals surface area contributed by atoms with Crippen LogP contribution in [-0.4, -0.2) is 49.5 Å². The molecule has 0 saturated carbocycles. The number of halogens is 2. The Bertz CT molecular complexity index is 1210. The molecule has 7 nitrogen and oxygen atoms in total. The maximum Gasteiger partial charge on any atom is 0.243 e. The molecule has 0 unspecified atom stereocenters. The van der Waals surface area contributed by atoms with Crippen LogP contribution in [-0.2, 0) is 26.2 Å². The first kappa shape index (κ1) is 30.9. The molecule has 2 aromatic rings. The van der Waals surface area contributed by atoms with Gasteiger partial charge in [-0.15, -0.1) is 0 Å². The van der Waals surface area contributed by atoms with Crippen molar-refractivity contribution in [3.63, 3.8) is 0 Å². The highest BCUT2D eigenvalue weighted by Gasteiger charge is 2.31. The molecule has 0 bridgehead atoms. The Morgan fingerprint density at radius 3 is 2.22 bits per heavy atom. The largest absolute Gasteiger partial charge is 0.350 e. The van der Waals surface area contributed by atoms with Crippen molar-refractivity contribution >= 4 is 50.7 Å². The van der Waals surface area contributed by atoms with E-state index < -0.39 is 21.6 Å². The number of anilines is 1. The number of hydrogen-bond donors (Lipinski definition) is 1. The van der Waals surface area contributed by atoms with Crippen LogP contribution in [0.4, 0.5) is 5.69 Å². The Hall–Kier alpha value is -2.29. The van der Waals surface area contributed by atoms with E-state index in [1.807, 2.05) is 39.8 Å². The maximum absolute atomic E-state index is 13.5. The van der Waals surface area contributed by atoms with E-state index in [-0.39, 0.29) is 37.7 Å². The minimum atomic E-state index is -3.62. The van der Waals surface area contributed by atoms with Crippen LogP contribution in [0.2, 0.25) is 10.0 Å². The van der Waals surface area contributed by atoms with Crippen molar-refractivity contribution in [2.45, 2.75) is 72.0 Å². The van der Waals surface area contributed by atoms with Crippen LogP contribution >= 0.6 is 23.2 Å². The van der Waals surface area contributed by atoms with E-state index in [4.69, 9.17) is 23.2 Å². The van der Waals surface area contributed by atoms with Gasteiger partial charge in [-0.3, -0.25) is 13.9 Å². The van der Waals surface area contributed by atoms with Crippen LogP contribution in [0.5, 0.6) is 0 Å². The molecule has 0 aliphatic carbocycles. The fourth-order valence-corrected chi connectivity index (χ4v) is 5.41. The number of nitrogens with one attached hydrogen (secondary N) is 1. The Labute approximate surface area is 231 Å². The molecule has 204 valence electrons. The van der Waals surface area contributed by atoms with Gasteiger partial charge >= 0.3 is 0 Å². The second-order valence-electron chi connectivity index (χ2n) is 10.1. The van der Waals surface area contributed by atoms with Gasteiger partial charge in [0, 0.05) is 35.1 Å². The van der Waals surface area contributed by atoms with Crippen LogP contribution in [0.1, 0.15) is 58.1 Å². The molecule has 0 radical (unpaired) electrons. The van der Waals surface area contributed by atoms with Gasteiger partial charge in [0.1, 0.15) is 6.04 Å². The monoisotopic (exact) mass is 569 g/mol. The molecule has 37 heavy (non-hydrogen) atoms. The zero-order valence-electron chi connectivity index (χ0n) is 22.3. The average Bonchev–Trinajstić information content (AvgIpc) is 2.78. The van der Waals surface area contributed by atoms with E-state index in [1.54, 1.807) is 37.3 Å². The number of hydrogen-bond acceptors (Lipinski definition) is 4. The minimum absolute atomic E-state index is 0.0510. The summed E-state index contributed by atoms with van der Waals surface area (Å²) < 4.78 is 26.4. The second-order valence-corrected chi connectivity index (χ2v) is 12.8. The summed E-state index contributed by atoms with van der Waals surface area (Å²) in [6, 6.07) is 11.6. The molecular formula is C27H37Cl2N3O4S. The third-order valence-corrected chi connectivity index (χ3v) is 7.80. The van der Waals surface area contributed by atoms with Gasteiger partial charge in [0.15, 0.2) is 0 Å². The molecule has 2 aromatic carbocycles. The van der Waals surface area contributed by atoms with Crippen LogP contribution < -0.4 is 9.62 Å². The molecule has 0 spiro atoms. The van der Waals surface area contributed by atoms with E-state index in [0.717, 1.165) is 11.8 Å². The van der Waals surface area contributed by atoms with Gasteiger partial charge in [-0.2, -0.15) is 0 Å². The Kier molecular flexibility index (Phi) is 10.9. The number of carbonyl (C=O) groups excluding carboxylic acids is 2. The van der Waals surface area contributed by atoms with Crippen LogP contribution in [0, 0.1) is 6.92 Å². The lowest BCUT2D eigenvalue weighted by Gasteiger charge is -2.33. The van der Waals surface area contributed by atoms with E-state index in [9.17, 15) is 18.0 Å². The molecule has 0 fully saturated rings. The summed E-state index contributed by atoms with van der Waals surface area (Å²) in [4.78, 5) is 28.2. The molecular weight excluding hydrogens is 533 g/mol. The quantitative estimate of drug-likeness (QED) is 0.383. The molecule has 1 N–H and O–H groups in total. The molecule has 2 rings (SSSR count). The first-order valence-electron chi connectivity index (χ1n) is 12.2. The Morgan fingerprint density at radius 2 is 1.65 bits per heavy atom. The van der Waals surface area contributed by atoms with E-state index in [0.29, 0.717) is 27.7 Å². The molecule has 0 aliphatic rings. The van der Waals surface area contributed by atoms with Gasteiger partial charge in [-0.25, -0.2) is 8.42 Å². The van der Waals surface area contributed by atoms with Crippen molar-refractivity contribution < 1.29 is 18.0 Å². The lowest BCUT2D eigenvalue weighted by Crippen LogP contribution is -2.53. The predicted molar refractivity (Wildman–Crippen MR) is 152 cm³/mol. The van der Waals surface area contributed by atoms with Crippen molar-refractivity contribution in [1.82, 2.24) is 10.2 Å². The van der Waals surface area contributed by atoms with Crippen molar-refractivity contribution in [1.29, 1.82) is 0 Å². The molecule has 1 atom stereocenters. The first-order valence-corrected chi connectivity index (χ1v) is 14.8. The van der Waals surface area contributed by atoms with Gasteiger partial charge in [0.05, 0.1) is 11.9 Å². The van der Waals surface area contributed by atoms with Gasteiger partial charge in [0.2, 0.25) is 21.8 Å². The van der Waals surface area contributed by atoms with E-state index in [2.05, 4.69) is 5.32 Å². The fraction of sp³-hybridized carbons (Fsp3) is 0.481. The van der Waals surface area contributed by atoms with Crippen LogP contribution in [0.15, 0.2) is 42.5 Å². The number of rotatable bonds is 11. The lowest BCUT2D eigenvalue weighted by atomic mass is 10.0. The highest BCUT2D eigenvalue weighted by Crippen LogP contribution is 2.29. The SMILES string of the molecule is CC[C@H](C(=O)NC(C)(C)C)N(Cc1ccccc1Cl)C(=O)CCCN(c1cccc(Cl)c1C)S(C)(=O)=O. The average molecular weight is 571 g/mol. The third kappa shape index (κ3) is 8.90. The van der Waals surface area contributed by atoms with Gasteiger partial charge < -0.3 is 10.2 Å². The lowest BCUT2D eigenvalue weighted by molar-refractivity contribution is -0.142. The number of nitrogens with zero attached hydrogens (tertiary/aromatic N) is 2. The minimum Gasteiger partial charge on any atom is -0.350 e. The normalized spacial score (nSPS) is 12.6. The summed E-state index contributed by atoms with van der Waals surface area (Å²) in [7, 11) is -3.62. The summed E-state index contributed by atoms with van der Waals surface area (Å²) in [5, 5.41) is 3.93. The Morgan fingerprint density at radius 1 is 1.03 bits per heavy atom. The number of sulfonamides is 1. The first-order chi connectivity index (χ1) is 17.2.